The molecule has 112 valence electrons. The molecule has 0 spiro atoms. The van der Waals surface area contributed by atoms with Crippen LogP contribution in [0.15, 0.2) is 0 Å². The van der Waals surface area contributed by atoms with Crippen LogP contribution < -0.4 is 0 Å². The lowest BCUT2D eigenvalue weighted by Gasteiger charge is -2.31. The standard InChI is InChI=1S/C15H23NO4/c1-4-19-13(17)12(11-8-6-7-9-11)15(3,10-16)14(18)20-5-2/h11-12H,4-9H2,1-3H3. The smallest absolute Gasteiger partial charge is 0.327 e. The molecule has 1 aliphatic carbocycles. The van der Waals surface area contributed by atoms with E-state index in [9.17, 15) is 14.9 Å². The molecular formula is C15H23NO4. The first-order chi connectivity index (χ1) is 9.51. The molecule has 0 aromatic heterocycles. The van der Waals surface area contributed by atoms with E-state index in [-0.39, 0.29) is 19.1 Å². The van der Waals surface area contributed by atoms with Gasteiger partial charge in [0.15, 0.2) is 5.41 Å². The molecule has 1 saturated carbocycles. The Bertz CT molecular complexity index is 395. The molecule has 0 heterocycles. The van der Waals surface area contributed by atoms with Crippen molar-refractivity contribution in [2.75, 3.05) is 13.2 Å². The van der Waals surface area contributed by atoms with Gasteiger partial charge in [-0.15, -0.1) is 0 Å². The number of hydrogen-bond donors (Lipinski definition) is 0. The summed E-state index contributed by atoms with van der Waals surface area (Å²) in [5, 5.41) is 9.47. The molecule has 0 aromatic carbocycles. The lowest BCUT2D eigenvalue weighted by Crippen LogP contribution is -2.44. The molecule has 1 fully saturated rings. The predicted octanol–water partition coefficient (Wildman–Crippen LogP) is 2.45. The molecule has 0 saturated heterocycles. The molecule has 2 unspecified atom stereocenters. The molecule has 0 N–H and O–H groups in total. The van der Waals surface area contributed by atoms with Crippen LogP contribution >= 0.6 is 0 Å². The highest BCUT2D eigenvalue weighted by Crippen LogP contribution is 2.42. The zero-order chi connectivity index (χ0) is 15.2. The number of rotatable bonds is 6. The first-order valence-electron chi connectivity index (χ1n) is 7.26. The number of nitrogens with zero attached hydrogens (tertiary/aromatic N) is 1. The van der Waals surface area contributed by atoms with Crippen LogP contribution in [0.1, 0.15) is 46.5 Å². The van der Waals surface area contributed by atoms with Crippen LogP contribution in [0, 0.1) is 28.6 Å². The fraction of sp³-hybridized carbons (Fsp3) is 0.800. The topological polar surface area (TPSA) is 76.4 Å². The minimum absolute atomic E-state index is 0.0168. The van der Waals surface area contributed by atoms with Gasteiger partial charge >= 0.3 is 11.9 Å². The number of carbonyl (C=O) groups excluding carboxylic acids is 2. The Morgan fingerprint density at radius 1 is 1.25 bits per heavy atom. The fourth-order valence-electron chi connectivity index (χ4n) is 2.95. The van der Waals surface area contributed by atoms with Gasteiger partial charge in [0.2, 0.25) is 0 Å². The number of ether oxygens (including phenoxy) is 2. The van der Waals surface area contributed by atoms with Crippen LogP contribution in [0.5, 0.6) is 0 Å². The minimum Gasteiger partial charge on any atom is -0.466 e. The molecule has 20 heavy (non-hydrogen) atoms. The molecule has 1 aliphatic rings. The normalized spacial score (nSPS) is 19.7. The third-order valence-corrected chi connectivity index (χ3v) is 3.97. The lowest BCUT2D eigenvalue weighted by molar-refractivity contribution is -0.167. The summed E-state index contributed by atoms with van der Waals surface area (Å²) in [6.07, 6.45) is 3.73. The summed E-state index contributed by atoms with van der Waals surface area (Å²) in [7, 11) is 0. The molecule has 0 amide bonds. The van der Waals surface area contributed by atoms with Crippen molar-refractivity contribution < 1.29 is 19.1 Å². The van der Waals surface area contributed by atoms with Gasteiger partial charge < -0.3 is 9.47 Å². The summed E-state index contributed by atoms with van der Waals surface area (Å²) in [5.41, 5.74) is -1.47. The van der Waals surface area contributed by atoms with Crippen LogP contribution in [0.3, 0.4) is 0 Å². The van der Waals surface area contributed by atoms with Gasteiger partial charge in [-0.25, -0.2) is 0 Å². The number of hydrogen-bond acceptors (Lipinski definition) is 5. The van der Waals surface area contributed by atoms with E-state index in [0.717, 1.165) is 25.7 Å². The van der Waals surface area contributed by atoms with E-state index >= 15 is 0 Å². The summed E-state index contributed by atoms with van der Waals surface area (Å²) in [6, 6.07) is 2.00. The van der Waals surface area contributed by atoms with Crippen molar-refractivity contribution in [3.8, 4) is 6.07 Å². The van der Waals surface area contributed by atoms with Crippen molar-refractivity contribution in [1.29, 1.82) is 5.26 Å². The molecule has 0 aliphatic heterocycles. The second-order valence-electron chi connectivity index (χ2n) is 5.31. The van der Waals surface area contributed by atoms with E-state index in [2.05, 4.69) is 0 Å². The minimum atomic E-state index is -1.47. The highest BCUT2D eigenvalue weighted by atomic mass is 16.5. The highest BCUT2D eigenvalue weighted by molar-refractivity contribution is 5.87. The van der Waals surface area contributed by atoms with Gasteiger partial charge in [-0.2, -0.15) is 5.26 Å². The van der Waals surface area contributed by atoms with E-state index in [0.29, 0.717) is 0 Å². The average molecular weight is 281 g/mol. The molecule has 0 bridgehead atoms. The van der Waals surface area contributed by atoms with E-state index < -0.39 is 23.3 Å². The van der Waals surface area contributed by atoms with Crippen molar-refractivity contribution in [3.63, 3.8) is 0 Å². The van der Waals surface area contributed by atoms with Gasteiger partial charge in [-0.05, 0) is 39.5 Å². The van der Waals surface area contributed by atoms with Gasteiger partial charge in [0, 0.05) is 0 Å². The maximum atomic E-state index is 12.3. The van der Waals surface area contributed by atoms with Crippen LogP contribution in [-0.4, -0.2) is 25.2 Å². The first kappa shape index (κ1) is 16.5. The zero-order valence-electron chi connectivity index (χ0n) is 12.5. The molecule has 0 aromatic rings. The molecular weight excluding hydrogens is 258 g/mol. The van der Waals surface area contributed by atoms with Crippen molar-refractivity contribution in [2.24, 2.45) is 17.3 Å². The van der Waals surface area contributed by atoms with E-state index in [1.54, 1.807) is 13.8 Å². The SMILES string of the molecule is CCOC(=O)C(C1CCCC1)C(C)(C#N)C(=O)OCC. The highest BCUT2D eigenvalue weighted by Gasteiger charge is 2.52. The lowest BCUT2D eigenvalue weighted by atomic mass is 9.70. The van der Waals surface area contributed by atoms with E-state index in [1.807, 2.05) is 6.07 Å². The second-order valence-corrected chi connectivity index (χ2v) is 5.31. The summed E-state index contributed by atoms with van der Waals surface area (Å²) in [6.45, 7) is 5.33. The summed E-state index contributed by atoms with van der Waals surface area (Å²) in [4.78, 5) is 24.4. The van der Waals surface area contributed by atoms with Crippen molar-refractivity contribution in [3.05, 3.63) is 0 Å². The van der Waals surface area contributed by atoms with Crippen molar-refractivity contribution in [1.82, 2.24) is 0 Å². The van der Waals surface area contributed by atoms with E-state index in [4.69, 9.17) is 9.47 Å². The molecule has 2 atom stereocenters. The van der Waals surface area contributed by atoms with Gasteiger partial charge in [-0.3, -0.25) is 9.59 Å². The van der Waals surface area contributed by atoms with Crippen LogP contribution in [-0.2, 0) is 19.1 Å². The Labute approximate surface area is 120 Å². The fourth-order valence-corrected chi connectivity index (χ4v) is 2.95. The Morgan fingerprint density at radius 3 is 2.25 bits per heavy atom. The second kappa shape index (κ2) is 7.28. The van der Waals surface area contributed by atoms with Gasteiger partial charge in [0.1, 0.15) is 0 Å². The van der Waals surface area contributed by atoms with Gasteiger partial charge in [-0.1, -0.05) is 12.8 Å². The van der Waals surface area contributed by atoms with Gasteiger partial charge in [0.05, 0.1) is 25.2 Å². The Hall–Kier alpha value is -1.57. The largest absolute Gasteiger partial charge is 0.466 e. The zero-order valence-corrected chi connectivity index (χ0v) is 12.5. The average Bonchev–Trinajstić information content (AvgIpc) is 2.93. The van der Waals surface area contributed by atoms with Crippen LogP contribution in [0.25, 0.3) is 0 Å². The Morgan fingerprint density at radius 2 is 1.80 bits per heavy atom. The summed E-state index contributed by atoms with van der Waals surface area (Å²) < 4.78 is 10.1. The van der Waals surface area contributed by atoms with Crippen LogP contribution in [0.4, 0.5) is 0 Å². The van der Waals surface area contributed by atoms with Crippen molar-refractivity contribution >= 4 is 11.9 Å². The monoisotopic (exact) mass is 281 g/mol. The number of carbonyl (C=O) groups is 2. The maximum absolute atomic E-state index is 12.3. The third-order valence-electron chi connectivity index (χ3n) is 3.97. The molecule has 1 rings (SSSR count). The maximum Gasteiger partial charge on any atom is 0.327 e. The molecule has 5 heteroatoms. The molecule has 5 nitrogen and oxygen atoms in total. The Balaban J connectivity index is 3.08. The summed E-state index contributed by atoms with van der Waals surface area (Å²) >= 11 is 0. The molecule has 0 radical (unpaired) electrons. The third kappa shape index (κ3) is 3.30. The number of nitriles is 1. The Kier molecular flexibility index (Phi) is 6.00. The number of esters is 2. The van der Waals surface area contributed by atoms with Crippen molar-refractivity contribution in [2.45, 2.75) is 46.5 Å². The van der Waals surface area contributed by atoms with Crippen LogP contribution in [0.2, 0.25) is 0 Å². The van der Waals surface area contributed by atoms with E-state index in [1.165, 1.54) is 6.92 Å². The summed E-state index contributed by atoms with van der Waals surface area (Å²) in [5.74, 6) is -1.82. The van der Waals surface area contributed by atoms with Gasteiger partial charge in [0.25, 0.3) is 0 Å². The first-order valence-corrected chi connectivity index (χ1v) is 7.26. The quantitative estimate of drug-likeness (QED) is 0.699. The predicted molar refractivity (Wildman–Crippen MR) is 72.4 cm³/mol.